The molecule has 2 rings (SSSR count). The Balaban J connectivity index is 2.40. The predicted molar refractivity (Wildman–Crippen MR) is 99.8 cm³/mol. The summed E-state index contributed by atoms with van der Waals surface area (Å²) in [6, 6.07) is 8.11. The highest BCUT2D eigenvalue weighted by Crippen LogP contribution is 2.31. The van der Waals surface area contributed by atoms with Gasteiger partial charge in [-0.15, -0.1) is 0 Å². The highest BCUT2D eigenvalue weighted by Gasteiger charge is 2.19. The van der Waals surface area contributed by atoms with Gasteiger partial charge in [0.2, 0.25) is 0 Å². The Bertz CT molecular complexity index is 874. The normalized spacial score (nSPS) is 10.6. The molecule has 4 N–H and O–H groups in total. The molecule has 0 saturated heterocycles. The Labute approximate surface area is 151 Å². The van der Waals surface area contributed by atoms with Crippen molar-refractivity contribution < 1.29 is 24.1 Å². The van der Waals surface area contributed by atoms with Crippen LogP contribution >= 0.6 is 0 Å². The van der Waals surface area contributed by atoms with Crippen molar-refractivity contribution in [2.45, 2.75) is 0 Å². The number of aromatic carboxylic acids is 1. The molecule has 0 amide bonds. The minimum absolute atomic E-state index is 0.0252. The molecule has 0 saturated carbocycles. The molecule has 0 aliphatic rings. The Morgan fingerprint density at radius 1 is 1.08 bits per heavy atom. The average molecular weight is 356 g/mol. The number of ether oxygens (including phenoxy) is 3. The molecule has 0 aliphatic heterocycles. The monoisotopic (exact) mass is 356 g/mol. The molecule has 0 spiro atoms. The lowest BCUT2D eigenvalue weighted by Crippen LogP contribution is -2.09. The zero-order chi connectivity index (χ0) is 19.3. The molecule has 7 nitrogen and oxygen atoms in total. The molecule has 0 fully saturated rings. The zero-order valence-electron chi connectivity index (χ0n) is 14.7. The standard InChI is InChI=1S/C19H20N2O5/c1-24-15-9-5-11(10-16(15)25-2)4-7-13(20)17-14(21)8-6-12(19(22)23)18(17)26-3/h4-10,20H,21H2,1-3H3,(H,22,23)/b7-4+,20-13?. The van der Waals surface area contributed by atoms with E-state index >= 15 is 0 Å². The topological polar surface area (TPSA) is 115 Å². The van der Waals surface area contributed by atoms with Gasteiger partial charge in [-0.05, 0) is 35.9 Å². The van der Waals surface area contributed by atoms with E-state index in [9.17, 15) is 9.90 Å². The zero-order valence-corrected chi connectivity index (χ0v) is 14.7. The quantitative estimate of drug-likeness (QED) is 0.519. The number of hydrogen-bond donors (Lipinski definition) is 3. The summed E-state index contributed by atoms with van der Waals surface area (Å²) in [7, 11) is 4.43. The lowest BCUT2D eigenvalue weighted by Gasteiger charge is -2.13. The van der Waals surface area contributed by atoms with Crippen LogP contribution in [0.4, 0.5) is 5.69 Å². The van der Waals surface area contributed by atoms with Crippen LogP contribution in [0.3, 0.4) is 0 Å². The molecular weight excluding hydrogens is 336 g/mol. The Kier molecular flexibility index (Phi) is 5.85. The molecule has 0 aliphatic carbocycles. The summed E-state index contributed by atoms with van der Waals surface area (Å²) in [5.74, 6) is 0.0604. The van der Waals surface area contributed by atoms with Gasteiger partial charge in [0, 0.05) is 5.69 Å². The first-order valence-electron chi connectivity index (χ1n) is 7.61. The van der Waals surface area contributed by atoms with Crippen LogP contribution in [0.1, 0.15) is 21.5 Å². The van der Waals surface area contributed by atoms with E-state index < -0.39 is 5.97 Å². The summed E-state index contributed by atoms with van der Waals surface area (Å²) < 4.78 is 15.6. The van der Waals surface area contributed by atoms with E-state index in [2.05, 4.69) is 0 Å². The molecule has 0 atom stereocenters. The maximum atomic E-state index is 11.3. The fraction of sp³-hybridized carbons (Fsp3) is 0.158. The van der Waals surface area contributed by atoms with Crippen LogP contribution in [0.5, 0.6) is 17.2 Å². The summed E-state index contributed by atoms with van der Waals surface area (Å²) in [4.78, 5) is 11.3. The third-order valence-electron chi connectivity index (χ3n) is 3.74. The maximum absolute atomic E-state index is 11.3. The smallest absolute Gasteiger partial charge is 0.339 e. The third-order valence-corrected chi connectivity index (χ3v) is 3.74. The third kappa shape index (κ3) is 3.77. The molecular formula is C19H20N2O5. The van der Waals surface area contributed by atoms with Crippen LogP contribution in [-0.2, 0) is 0 Å². The number of rotatable bonds is 7. The Morgan fingerprint density at radius 2 is 1.77 bits per heavy atom. The van der Waals surface area contributed by atoms with Crippen molar-refractivity contribution in [2.24, 2.45) is 0 Å². The molecule has 0 bridgehead atoms. The molecule has 0 unspecified atom stereocenters. The lowest BCUT2D eigenvalue weighted by molar-refractivity contribution is 0.0693. The second-order valence-corrected chi connectivity index (χ2v) is 5.28. The fourth-order valence-electron chi connectivity index (χ4n) is 2.48. The van der Waals surface area contributed by atoms with Gasteiger partial charge < -0.3 is 30.5 Å². The molecule has 7 heteroatoms. The minimum atomic E-state index is -1.15. The van der Waals surface area contributed by atoms with Crippen molar-refractivity contribution in [2.75, 3.05) is 27.1 Å². The summed E-state index contributed by atoms with van der Waals surface area (Å²) in [5, 5.41) is 17.6. The number of anilines is 1. The van der Waals surface area contributed by atoms with Gasteiger partial charge in [-0.2, -0.15) is 0 Å². The largest absolute Gasteiger partial charge is 0.495 e. The number of nitrogens with two attached hydrogens (primary N) is 1. The number of allylic oxidation sites excluding steroid dienone is 1. The Hall–Kier alpha value is -3.48. The number of hydrogen-bond acceptors (Lipinski definition) is 6. The van der Waals surface area contributed by atoms with Crippen LogP contribution in [0, 0.1) is 5.41 Å². The minimum Gasteiger partial charge on any atom is -0.495 e. The molecule has 136 valence electrons. The van der Waals surface area contributed by atoms with E-state index in [-0.39, 0.29) is 28.3 Å². The summed E-state index contributed by atoms with van der Waals surface area (Å²) >= 11 is 0. The van der Waals surface area contributed by atoms with E-state index in [1.165, 1.54) is 32.4 Å². The highest BCUT2D eigenvalue weighted by atomic mass is 16.5. The first kappa shape index (κ1) is 18.9. The van der Waals surface area contributed by atoms with Crippen LogP contribution < -0.4 is 19.9 Å². The highest BCUT2D eigenvalue weighted by molar-refractivity contribution is 6.15. The van der Waals surface area contributed by atoms with Crippen molar-refractivity contribution in [3.05, 3.63) is 53.1 Å². The number of benzene rings is 2. The van der Waals surface area contributed by atoms with Crippen LogP contribution in [0.25, 0.3) is 6.08 Å². The number of methoxy groups -OCH3 is 3. The van der Waals surface area contributed by atoms with E-state index in [1.807, 2.05) is 0 Å². The predicted octanol–water partition coefficient (Wildman–Crippen LogP) is 3.07. The first-order chi connectivity index (χ1) is 12.4. The number of carboxylic acids is 1. The van der Waals surface area contributed by atoms with Gasteiger partial charge in [-0.3, -0.25) is 0 Å². The molecule has 0 aromatic heterocycles. The second-order valence-electron chi connectivity index (χ2n) is 5.28. The molecule has 0 heterocycles. The van der Waals surface area contributed by atoms with Crippen molar-refractivity contribution in [3.63, 3.8) is 0 Å². The second kappa shape index (κ2) is 8.06. The van der Waals surface area contributed by atoms with Gasteiger partial charge in [0.05, 0.1) is 32.6 Å². The SMILES string of the molecule is COc1ccc(/C=C/C(=N)c2c(N)ccc(C(=O)O)c2OC)cc1OC. The maximum Gasteiger partial charge on any atom is 0.339 e. The van der Waals surface area contributed by atoms with Gasteiger partial charge in [-0.25, -0.2) is 4.79 Å². The number of carbonyl (C=O) groups is 1. The van der Waals surface area contributed by atoms with E-state index in [1.54, 1.807) is 31.4 Å². The first-order valence-corrected chi connectivity index (χ1v) is 7.61. The Morgan fingerprint density at radius 3 is 2.35 bits per heavy atom. The van der Waals surface area contributed by atoms with Gasteiger partial charge in [-0.1, -0.05) is 12.1 Å². The molecule has 0 radical (unpaired) electrons. The van der Waals surface area contributed by atoms with E-state index in [4.69, 9.17) is 25.4 Å². The van der Waals surface area contributed by atoms with E-state index in [0.717, 1.165) is 5.56 Å². The van der Waals surface area contributed by atoms with Gasteiger partial charge in [0.1, 0.15) is 11.3 Å². The number of nitrogens with one attached hydrogen (secondary N) is 1. The van der Waals surface area contributed by atoms with Crippen LogP contribution in [0.15, 0.2) is 36.4 Å². The molecule has 26 heavy (non-hydrogen) atoms. The van der Waals surface area contributed by atoms with Crippen molar-refractivity contribution in [1.82, 2.24) is 0 Å². The number of carboxylic acid groups (broad SMARTS) is 1. The van der Waals surface area contributed by atoms with Crippen molar-refractivity contribution in [1.29, 1.82) is 5.41 Å². The van der Waals surface area contributed by atoms with Gasteiger partial charge >= 0.3 is 5.97 Å². The molecule has 2 aromatic rings. The summed E-state index contributed by atoms with van der Waals surface area (Å²) in [6.07, 6.45) is 3.21. The lowest BCUT2D eigenvalue weighted by atomic mass is 10.0. The van der Waals surface area contributed by atoms with E-state index in [0.29, 0.717) is 11.5 Å². The fourth-order valence-corrected chi connectivity index (χ4v) is 2.48. The average Bonchev–Trinajstić information content (AvgIpc) is 2.64. The molecule has 2 aromatic carbocycles. The van der Waals surface area contributed by atoms with Crippen molar-refractivity contribution in [3.8, 4) is 17.2 Å². The van der Waals surface area contributed by atoms with Gasteiger partial charge in [0.25, 0.3) is 0 Å². The van der Waals surface area contributed by atoms with Crippen LogP contribution in [0.2, 0.25) is 0 Å². The number of nitrogen functional groups attached to an aromatic ring is 1. The van der Waals surface area contributed by atoms with Gasteiger partial charge in [0.15, 0.2) is 11.5 Å². The summed E-state index contributed by atoms with van der Waals surface area (Å²) in [6.45, 7) is 0. The van der Waals surface area contributed by atoms with Crippen LogP contribution in [-0.4, -0.2) is 38.1 Å². The summed E-state index contributed by atoms with van der Waals surface area (Å²) in [5.41, 5.74) is 7.17. The van der Waals surface area contributed by atoms with Crippen molar-refractivity contribution >= 4 is 23.4 Å².